The van der Waals surface area contributed by atoms with Crippen molar-refractivity contribution in [2.24, 2.45) is 5.73 Å². The molecule has 0 aromatic rings. The summed E-state index contributed by atoms with van der Waals surface area (Å²) in [5.41, 5.74) is 5.23. The Kier molecular flexibility index (Phi) is 5.13. The van der Waals surface area contributed by atoms with E-state index in [0.717, 1.165) is 0 Å². The maximum Gasteiger partial charge on any atom is 0.379 e. The van der Waals surface area contributed by atoms with Crippen molar-refractivity contribution in [3.63, 3.8) is 0 Å². The summed E-state index contributed by atoms with van der Waals surface area (Å²) in [6.07, 6.45) is -5.68. The number of aliphatic hydroxyl groups excluding tert-OH is 2. The Morgan fingerprint density at radius 3 is 2.50 bits per heavy atom. The van der Waals surface area contributed by atoms with Gasteiger partial charge in [0.15, 0.2) is 6.10 Å². The number of hydrogen-bond donors (Lipinski definition) is 4. The summed E-state index contributed by atoms with van der Waals surface area (Å²) in [6.45, 7) is -0.833. The lowest BCUT2D eigenvalue weighted by molar-refractivity contribution is -0.163. The molecule has 112 valence electrons. The van der Waals surface area contributed by atoms with Crippen molar-refractivity contribution in [2.75, 3.05) is 6.61 Å². The molecule has 0 bridgehead atoms. The number of rotatable bonds is 6. The lowest BCUT2D eigenvalue weighted by Gasteiger charge is -2.21. The summed E-state index contributed by atoms with van der Waals surface area (Å²) < 4.78 is 9.07. The normalized spacial score (nSPS) is 24.9. The number of cyclic esters (lactones) is 1. The van der Waals surface area contributed by atoms with Gasteiger partial charge in [-0.25, -0.2) is 4.79 Å². The van der Waals surface area contributed by atoms with Gasteiger partial charge in [0.25, 0.3) is 5.78 Å². The molecule has 4 atom stereocenters. The molecule has 5 N–H and O–H groups in total. The second-order valence-corrected chi connectivity index (χ2v) is 4.05. The monoisotopic (exact) mass is 291 g/mol. The number of Topliss-reactive ketones (excluding diaryl/α,β-unsaturated/α-hetero) is 1. The molecule has 0 saturated carbocycles. The van der Waals surface area contributed by atoms with Gasteiger partial charge in [0.05, 0.1) is 13.0 Å². The van der Waals surface area contributed by atoms with Gasteiger partial charge >= 0.3 is 17.9 Å². The van der Waals surface area contributed by atoms with Gasteiger partial charge in [0.2, 0.25) is 6.10 Å². The van der Waals surface area contributed by atoms with Crippen LogP contribution in [0.1, 0.15) is 6.42 Å². The van der Waals surface area contributed by atoms with Gasteiger partial charge in [-0.05, 0) is 0 Å². The number of ether oxygens (including phenoxy) is 2. The van der Waals surface area contributed by atoms with E-state index in [1.807, 2.05) is 0 Å². The van der Waals surface area contributed by atoms with Crippen molar-refractivity contribution in [2.45, 2.75) is 30.8 Å². The number of nitrogens with two attached hydrogens (primary N) is 1. The van der Waals surface area contributed by atoms with Crippen molar-refractivity contribution in [3.05, 3.63) is 0 Å². The van der Waals surface area contributed by atoms with E-state index >= 15 is 0 Å². The number of carbonyl (C=O) groups is 4. The van der Waals surface area contributed by atoms with Crippen LogP contribution in [-0.4, -0.2) is 70.0 Å². The minimum Gasteiger partial charge on any atom is -0.481 e. The van der Waals surface area contributed by atoms with Gasteiger partial charge in [0, 0.05) is 0 Å². The lowest BCUT2D eigenvalue weighted by Crippen LogP contribution is -2.45. The Hall–Kier alpha value is -2.04. The van der Waals surface area contributed by atoms with Crippen LogP contribution in [0, 0.1) is 0 Å². The van der Waals surface area contributed by atoms with Gasteiger partial charge < -0.3 is 30.5 Å². The third kappa shape index (κ3) is 3.50. The molecule has 1 heterocycles. The van der Waals surface area contributed by atoms with Crippen molar-refractivity contribution in [1.82, 2.24) is 0 Å². The predicted molar refractivity (Wildman–Crippen MR) is 58.1 cm³/mol. The number of aliphatic carboxylic acids is 1. The van der Waals surface area contributed by atoms with Crippen molar-refractivity contribution < 1.29 is 44.0 Å². The summed E-state index contributed by atoms with van der Waals surface area (Å²) in [5, 5.41) is 26.6. The SMILES string of the molecule is N[C@@H](CC(=O)O)C(=O)OC1C(=O)C(=O)O[C@@H]1[C@@H](O)CO. The molecule has 0 aromatic carbocycles. The Morgan fingerprint density at radius 2 is 2.00 bits per heavy atom. The molecule has 0 spiro atoms. The first-order valence-corrected chi connectivity index (χ1v) is 5.49. The molecule has 1 aliphatic heterocycles. The predicted octanol–water partition coefficient (Wildman–Crippen LogP) is -3.45. The van der Waals surface area contributed by atoms with Crippen LogP contribution in [0.25, 0.3) is 0 Å². The molecule has 10 heteroatoms. The summed E-state index contributed by atoms with van der Waals surface area (Å²) >= 11 is 0. The molecular weight excluding hydrogens is 278 g/mol. The number of carboxylic acid groups (broad SMARTS) is 1. The molecule has 20 heavy (non-hydrogen) atoms. The smallest absolute Gasteiger partial charge is 0.379 e. The topological polar surface area (TPSA) is 173 Å². The summed E-state index contributed by atoms with van der Waals surface area (Å²) in [4.78, 5) is 44.3. The van der Waals surface area contributed by atoms with Crippen LogP contribution < -0.4 is 5.73 Å². The standard InChI is InChI=1S/C10H13NO9/c11-3(1-5(14)15)9(17)20-8-6(16)10(18)19-7(8)4(13)2-12/h3-4,7-8,12-13H,1-2,11H2,(H,14,15)/t3-,4-,7+,8?/m0/s1. The van der Waals surface area contributed by atoms with Crippen LogP contribution in [0.5, 0.6) is 0 Å². The molecule has 1 fully saturated rings. The van der Waals surface area contributed by atoms with Crippen LogP contribution in [0.3, 0.4) is 0 Å². The van der Waals surface area contributed by atoms with Gasteiger partial charge in [0.1, 0.15) is 12.1 Å². The maximum absolute atomic E-state index is 11.5. The fraction of sp³-hybridized carbons (Fsp3) is 0.600. The number of carboxylic acids is 1. The van der Waals surface area contributed by atoms with Crippen LogP contribution in [-0.2, 0) is 28.7 Å². The van der Waals surface area contributed by atoms with Gasteiger partial charge in [-0.1, -0.05) is 0 Å². The Balaban J connectivity index is 2.76. The average molecular weight is 291 g/mol. The third-order valence-corrected chi connectivity index (χ3v) is 2.51. The zero-order chi connectivity index (χ0) is 15.4. The minimum atomic E-state index is -1.77. The fourth-order valence-electron chi connectivity index (χ4n) is 1.50. The van der Waals surface area contributed by atoms with Gasteiger partial charge in [-0.2, -0.15) is 0 Å². The first-order chi connectivity index (χ1) is 9.27. The van der Waals surface area contributed by atoms with Gasteiger partial charge in [-0.15, -0.1) is 0 Å². The molecule has 1 aliphatic rings. The number of ketones is 1. The Labute approximate surface area is 112 Å². The average Bonchev–Trinajstić information content (AvgIpc) is 2.65. The van der Waals surface area contributed by atoms with E-state index in [2.05, 4.69) is 9.47 Å². The van der Waals surface area contributed by atoms with Gasteiger partial charge in [-0.3, -0.25) is 14.4 Å². The zero-order valence-corrected chi connectivity index (χ0v) is 10.1. The minimum absolute atomic E-state index is 0.734. The first-order valence-electron chi connectivity index (χ1n) is 5.49. The molecular formula is C10H13NO9. The molecule has 1 unspecified atom stereocenters. The lowest BCUT2D eigenvalue weighted by atomic mass is 10.1. The van der Waals surface area contributed by atoms with E-state index in [-0.39, 0.29) is 0 Å². The molecule has 1 saturated heterocycles. The van der Waals surface area contributed by atoms with Crippen LogP contribution in [0.2, 0.25) is 0 Å². The third-order valence-electron chi connectivity index (χ3n) is 2.51. The summed E-state index contributed by atoms with van der Waals surface area (Å²) in [5.74, 6) is -5.14. The summed E-state index contributed by atoms with van der Waals surface area (Å²) in [6, 6.07) is -1.54. The van der Waals surface area contributed by atoms with Crippen molar-refractivity contribution in [3.8, 4) is 0 Å². The van der Waals surface area contributed by atoms with Crippen LogP contribution in [0.4, 0.5) is 0 Å². The number of carbonyl (C=O) groups excluding carboxylic acids is 3. The second-order valence-electron chi connectivity index (χ2n) is 4.05. The molecule has 10 nitrogen and oxygen atoms in total. The highest BCUT2D eigenvalue weighted by Gasteiger charge is 2.50. The fourth-order valence-corrected chi connectivity index (χ4v) is 1.50. The Morgan fingerprint density at radius 1 is 1.40 bits per heavy atom. The van der Waals surface area contributed by atoms with Crippen LogP contribution >= 0.6 is 0 Å². The van der Waals surface area contributed by atoms with E-state index < -0.39 is 61.1 Å². The van der Waals surface area contributed by atoms with Crippen molar-refractivity contribution >= 4 is 23.7 Å². The highest BCUT2D eigenvalue weighted by Crippen LogP contribution is 2.19. The summed E-state index contributed by atoms with van der Waals surface area (Å²) in [7, 11) is 0. The van der Waals surface area contributed by atoms with Crippen LogP contribution in [0.15, 0.2) is 0 Å². The number of hydrogen-bond acceptors (Lipinski definition) is 9. The highest BCUT2D eigenvalue weighted by atomic mass is 16.6. The number of esters is 2. The van der Waals surface area contributed by atoms with E-state index in [1.54, 1.807) is 0 Å². The van der Waals surface area contributed by atoms with Crippen molar-refractivity contribution in [1.29, 1.82) is 0 Å². The number of aliphatic hydroxyl groups is 2. The molecule has 0 aliphatic carbocycles. The maximum atomic E-state index is 11.5. The van der Waals surface area contributed by atoms with E-state index in [9.17, 15) is 24.3 Å². The molecule has 1 rings (SSSR count). The van der Waals surface area contributed by atoms with E-state index in [1.165, 1.54) is 0 Å². The molecule has 0 amide bonds. The first kappa shape index (κ1) is 16.0. The largest absolute Gasteiger partial charge is 0.481 e. The zero-order valence-electron chi connectivity index (χ0n) is 10.1. The molecule has 0 aromatic heterocycles. The van der Waals surface area contributed by atoms with E-state index in [4.69, 9.17) is 15.9 Å². The quantitative estimate of drug-likeness (QED) is 0.284. The highest BCUT2D eigenvalue weighted by molar-refractivity contribution is 6.37. The Bertz CT molecular complexity index is 434. The second kappa shape index (κ2) is 6.41. The molecule has 0 radical (unpaired) electrons. The van der Waals surface area contributed by atoms with E-state index in [0.29, 0.717) is 0 Å².